The summed E-state index contributed by atoms with van der Waals surface area (Å²) in [5, 5.41) is 13.5. The summed E-state index contributed by atoms with van der Waals surface area (Å²) in [4.78, 5) is 14.0. The number of hydrogen-bond donors (Lipinski definition) is 3. The minimum atomic E-state index is -0.483. The molecule has 2 fully saturated rings. The number of hydrogen-bond acceptors (Lipinski definition) is 5. The Balaban J connectivity index is 1.54. The average Bonchev–Trinajstić information content (AvgIpc) is 2.66. The minimum Gasteiger partial charge on any atom is -0.506 e. The second kappa shape index (κ2) is 8.48. The van der Waals surface area contributed by atoms with E-state index < -0.39 is 5.91 Å². The second-order valence-electron chi connectivity index (χ2n) is 8.15. The number of aromatic hydroxyl groups is 1. The largest absolute Gasteiger partial charge is 0.506 e. The molecule has 1 aliphatic carbocycles. The lowest BCUT2D eigenvalue weighted by atomic mass is 9.79. The highest BCUT2D eigenvalue weighted by molar-refractivity contribution is 5.94. The number of piperidine rings is 1. The van der Waals surface area contributed by atoms with Crippen LogP contribution in [0.25, 0.3) is 0 Å². The molecule has 2 aliphatic rings. The highest BCUT2D eigenvalue weighted by Crippen LogP contribution is 2.37. The first-order valence-electron chi connectivity index (χ1n) is 10.2. The molecule has 6 heteroatoms. The molecule has 1 amide bonds. The maximum absolute atomic E-state index is 11.4. The number of anilines is 1. The Morgan fingerprint density at radius 2 is 1.96 bits per heavy atom. The van der Waals surface area contributed by atoms with Gasteiger partial charge in [-0.3, -0.25) is 9.69 Å². The van der Waals surface area contributed by atoms with Crippen LogP contribution in [0.15, 0.2) is 18.2 Å². The number of primary amides is 1. The molecule has 1 aliphatic heterocycles. The molecule has 0 unspecified atom stereocenters. The van der Waals surface area contributed by atoms with Gasteiger partial charge in [0.15, 0.2) is 0 Å². The quantitative estimate of drug-likeness (QED) is 0.665. The van der Waals surface area contributed by atoms with Crippen molar-refractivity contribution >= 4 is 11.6 Å². The molecule has 6 nitrogen and oxygen atoms in total. The van der Waals surface area contributed by atoms with Crippen LogP contribution < -0.4 is 11.1 Å². The Morgan fingerprint density at radius 3 is 2.56 bits per heavy atom. The molecule has 0 radical (unpaired) electrons. The normalized spacial score (nSPS) is 27.4. The van der Waals surface area contributed by atoms with Crippen molar-refractivity contribution in [1.82, 2.24) is 4.90 Å². The summed E-state index contributed by atoms with van der Waals surface area (Å²) in [5.41, 5.74) is 6.62. The monoisotopic (exact) mass is 375 g/mol. The van der Waals surface area contributed by atoms with Gasteiger partial charge in [-0.1, -0.05) is 0 Å². The van der Waals surface area contributed by atoms with Crippen molar-refractivity contribution in [1.29, 1.82) is 0 Å². The number of ether oxygens (including phenoxy) is 1. The van der Waals surface area contributed by atoms with Crippen LogP contribution >= 0.6 is 0 Å². The molecule has 1 heterocycles. The van der Waals surface area contributed by atoms with Gasteiger partial charge in [0.1, 0.15) is 5.75 Å². The number of benzene rings is 1. The first kappa shape index (κ1) is 20.0. The van der Waals surface area contributed by atoms with E-state index in [1.165, 1.54) is 18.9 Å². The Labute approximate surface area is 162 Å². The Hall–Kier alpha value is -1.79. The molecule has 4 N–H and O–H groups in total. The number of amides is 1. The van der Waals surface area contributed by atoms with Gasteiger partial charge in [0, 0.05) is 36.8 Å². The number of likely N-dealkylation sites (tertiary alicyclic amines) is 1. The van der Waals surface area contributed by atoms with Crippen molar-refractivity contribution in [2.75, 3.05) is 25.0 Å². The van der Waals surface area contributed by atoms with Crippen LogP contribution in [0.4, 0.5) is 5.69 Å². The van der Waals surface area contributed by atoms with Crippen molar-refractivity contribution in [3.8, 4) is 5.75 Å². The lowest BCUT2D eigenvalue weighted by Gasteiger charge is -2.48. The van der Waals surface area contributed by atoms with Crippen LogP contribution in [-0.2, 0) is 4.74 Å². The number of carbonyl (C=O) groups is 1. The van der Waals surface area contributed by atoms with E-state index in [2.05, 4.69) is 24.1 Å². The fourth-order valence-corrected chi connectivity index (χ4v) is 4.52. The Bertz CT molecular complexity index is 648. The predicted octanol–water partition coefficient (Wildman–Crippen LogP) is 3.11. The zero-order chi connectivity index (χ0) is 19.4. The SMILES string of the molecule is CCOC1CCC(C)(N2CCC(Nc3cc(C(N)=O)ccc3O)CC2)CC1. The van der Waals surface area contributed by atoms with Gasteiger partial charge in [0.25, 0.3) is 0 Å². The van der Waals surface area contributed by atoms with Crippen LogP contribution in [0.5, 0.6) is 5.75 Å². The number of nitrogens with two attached hydrogens (primary N) is 1. The van der Waals surface area contributed by atoms with Crippen LogP contribution in [0, 0.1) is 0 Å². The summed E-state index contributed by atoms with van der Waals surface area (Å²) in [5.74, 6) is -0.327. The van der Waals surface area contributed by atoms with Crippen LogP contribution in [0.1, 0.15) is 62.7 Å². The van der Waals surface area contributed by atoms with E-state index in [1.807, 2.05) is 0 Å². The lowest BCUT2D eigenvalue weighted by Crippen LogP contribution is -2.53. The van der Waals surface area contributed by atoms with E-state index in [-0.39, 0.29) is 11.3 Å². The maximum atomic E-state index is 11.4. The summed E-state index contributed by atoms with van der Waals surface area (Å²) in [7, 11) is 0. The molecular formula is C21H33N3O3. The van der Waals surface area contributed by atoms with Crippen molar-refractivity contribution < 1.29 is 14.6 Å². The van der Waals surface area contributed by atoms with Gasteiger partial charge in [-0.15, -0.1) is 0 Å². The third-order valence-electron chi connectivity index (χ3n) is 6.31. The van der Waals surface area contributed by atoms with E-state index in [1.54, 1.807) is 12.1 Å². The van der Waals surface area contributed by atoms with Gasteiger partial charge < -0.3 is 20.9 Å². The number of carbonyl (C=O) groups excluding carboxylic acids is 1. The maximum Gasteiger partial charge on any atom is 0.248 e. The third kappa shape index (κ3) is 4.74. The van der Waals surface area contributed by atoms with Gasteiger partial charge in [-0.05, 0) is 70.6 Å². The van der Waals surface area contributed by atoms with Crippen LogP contribution in [0.2, 0.25) is 0 Å². The highest BCUT2D eigenvalue weighted by atomic mass is 16.5. The number of nitrogens with one attached hydrogen (secondary N) is 1. The third-order valence-corrected chi connectivity index (χ3v) is 6.31. The molecule has 0 atom stereocenters. The lowest BCUT2D eigenvalue weighted by molar-refractivity contribution is -0.0242. The van der Waals surface area contributed by atoms with Gasteiger partial charge in [-0.25, -0.2) is 0 Å². The number of nitrogens with zero attached hydrogens (tertiary/aromatic N) is 1. The highest BCUT2D eigenvalue weighted by Gasteiger charge is 2.38. The van der Waals surface area contributed by atoms with Crippen molar-refractivity contribution in [2.24, 2.45) is 5.73 Å². The van der Waals surface area contributed by atoms with Gasteiger partial charge in [-0.2, -0.15) is 0 Å². The molecule has 27 heavy (non-hydrogen) atoms. The number of phenols is 1. The summed E-state index contributed by atoms with van der Waals surface area (Å²) in [6, 6.07) is 5.00. The average molecular weight is 376 g/mol. The summed E-state index contributed by atoms with van der Waals surface area (Å²) in [6.45, 7) is 7.36. The zero-order valence-electron chi connectivity index (χ0n) is 16.5. The topological polar surface area (TPSA) is 87.8 Å². The molecule has 1 aromatic rings. The smallest absolute Gasteiger partial charge is 0.248 e. The van der Waals surface area contributed by atoms with E-state index in [0.717, 1.165) is 45.4 Å². The zero-order valence-corrected chi connectivity index (χ0v) is 16.5. The fraction of sp³-hybridized carbons (Fsp3) is 0.667. The molecule has 1 aromatic carbocycles. The summed E-state index contributed by atoms with van der Waals surface area (Å²) in [6.07, 6.45) is 7.15. The molecule has 150 valence electrons. The number of rotatable bonds is 6. The second-order valence-corrected chi connectivity index (χ2v) is 8.15. The van der Waals surface area contributed by atoms with Gasteiger partial charge in [0.2, 0.25) is 5.91 Å². The molecule has 3 rings (SSSR count). The van der Waals surface area contributed by atoms with Crippen molar-refractivity contribution in [3.05, 3.63) is 23.8 Å². The van der Waals surface area contributed by atoms with E-state index in [0.29, 0.717) is 23.4 Å². The number of phenolic OH excluding ortho intramolecular Hbond substituents is 1. The molecule has 0 bridgehead atoms. The molecule has 1 saturated heterocycles. The minimum absolute atomic E-state index is 0.156. The standard InChI is InChI=1S/C21H33N3O3/c1-3-27-17-6-10-21(2,11-7-17)24-12-8-16(9-13-24)23-18-14-15(20(22)26)4-5-19(18)25/h4-5,14,16-17,23,25H,3,6-13H2,1-2H3,(H2,22,26). The molecule has 0 spiro atoms. The summed E-state index contributed by atoms with van der Waals surface area (Å²) >= 11 is 0. The predicted molar refractivity (Wildman–Crippen MR) is 107 cm³/mol. The van der Waals surface area contributed by atoms with E-state index in [4.69, 9.17) is 10.5 Å². The van der Waals surface area contributed by atoms with Crippen molar-refractivity contribution in [3.63, 3.8) is 0 Å². The fourth-order valence-electron chi connectivity index (χ4n) is 4.52. The summed E-state index contributed by atoms with van der Waals surface area (Å²) < 4.78 is 5.80. The Kier molecular flexibility index (Phi) is 6.27. The Morgan fingerprint density at radius 1 is 1.30 bits per heavy atom. The van der Waals surface area contributed by atoms with Gasteiger partial charge >= 0.3 is 0 Å². The van der Waals surface area contributed by atoms with Gasteiger partial charge in [0.05, 0.1) is 11.8 Å². The van der Waals surface area contributed by atoms with Crippen LogP contribution in [-0.4, -0.2) is 53.3 Å². The van der Waals surface area contributed by atoms with Crippen molar-refractivity contribution in [2.45, 2.75) is 70.1 Å². The van der Waals surface area contributed by atoms with E-state index >= 15 is 0 Å². The first-order chi connectivity index (χ1) is 12.9. The molecule has 1 saturated carbocycles. The first-order valence-corrected chi connectivity index (χ1v) is 10.2. The molecular weight excluding hydrogens is 342 g/mol. The van der Waals surface area contributed by atoms with E-state index in [9.17, 15) is 9.90 Å². The molecule has 0 aromatic heterocycles. The van der Waals surface area contributed by atoms with Crippen LogP contribution in [0.3, 0.4) is 0 Å².